The van der Waals surface area contributed by atoms with Crippen LogP contribution in [0.2, 0.25) is 0 Å². The molecule has 0 bridgehead atoms. The molecule has 1 N–H and O–H groups in total. The quantitative estimate of drug-likeness (QED) is 0.690. The van der Waals surface area contributed by atoms with Crippen molar-refractivity contribution in [3.8, 4) is 5.75 Å². The number of halogens is 1. The molecule has 0 amide bonds. The summed E-state index contributed by atoms with van der Waals surface area (Å²) < 4.78 is 18.8. The Hall–Kier alpha value is -2.44. The fourth-order valence-corrected chi connectivity index (χ4v) is 3.62. The van der Waals surface area contributed by atoms with Crippen LogP contribution in [0, 0.1) is 11.7 Å². The van der Waals surface area contributed by atoms with Crippen LogP contribution in [-0.2, 0) is 0 Å². The molecule has 2 aromatic carbocycles. The maximum Gasteiger partial charge on any atom is 0.166 e. The number of likely N-dealkylation sites (tertiary alicyclic amines) is 1. The minimum Gasteiger partial charge on any atom is -0.491 e. The smallest absolute Gasteiger partial charge is 0.166 e. The standard InChI is InChI=1S/C23H29FN2O3/c1-25(2)20-4-3-5-22(14-20)29-16-21(27)15-26-12-10-18(11-13-26)23(28)17-6-8-19(24)9-7-17/h3-9,14,18,21,27H,10-13,15-16H2,1-2H3. The molecule has 0 aliphatic carbocycles. The summed E-state index contributed by atoms with van der Waals surface area (Å²) in [7, 11) is 3.94. The average Bonchev–Trinajstić information content (AvgIpc) is 2.73. The van der Waals surface area contributed by atoms with Gasteiger partial charge in [0, 0.05) is 43.9 Å². The molecule has 1 aliphatic heterocycles. The third kappa shape index (κ3) is 6.02. The number of carbonyl (C=O) groups excluding carboxylic acids is 1. The molecule has 29 heavy (non-hydrogen) atoms. The first kappa shape index (κ1) is 21.3. The highest BCUT2D eigenvalue weighted by Gasteiger charge is 2.26. The zero-order valence-corrected chi connectivity index (χ0v) is 17.1. The highest BCUT2D eigenvalue weighted by Crippen LogP contribution is 2.23. The number of Topliss-reactive ketones (excluding diaryl/α,β-unsaturated/α-hetero) is 1. The molecule has 5 nitrogen and oxygen atoms in total. The van der Waals surface area contributed by atoms with E-state index >= 15 is 0 Å². The Morgan fingerprint density at radius 1 is 1.21 bits per heavy atom. The number of aliphatic hydroxyl groups excluding tert-OH is 1. The highest BCUT2D eigenvalue weighted by molar-refractivity contribution is 5.97. The van der Waals surface area contributed by atoms with Crippen molar-refractivity contribution < 1.29 is 19.0 Å². The van der Waals surface area contributed by atoms with Gasteiger partial charge in [-0.2, -0.15) is 0 Å². The van der Waals surface area contributed by atoms with E-state index in [9.17, 15) is 14.3 Å². The van der Waals surface area contributed by atoms with Crippen LogP contribution in [0.5, 0.6) is 5.75 Å². The van der Waals surface area contributed by atoms with Gasteiger partial charge in [-0.05, 0) is 62.3 Å². The van der Waals surface area contributed by atoms with Crippen LogP contribution in [0.3, 0.4) is 0 Å². The minimum absolute atomic E-state index is 0.0427. The Balaban J connectivity index is 1.42. The highest BCUT2D eigenvalue weighted by atomic mass is 19.1. The summed E-state index contributed by atoms with van der Waals surface area (Å²) in [5, 5.41) is 10.3. The number of carbonyl (C=O) groups is 1. The molecule has 1 heterocycles. The molecule has 6 heteroatoms. The molecule has 0 saturated carbocycles. The number of aliphatic hydroxyl groups is 1. The fraction of sp³-hybridized carbons (Fsp3) is 0.435. The molecule has 0 aromatic heterocycles. The first-order chi connectivity index (χ1) is 13.9. The molecule has 1 fully saturated rings. The Morgan fingerprint density at radius 2 is 1.90 bits per heavy atom. The molecule has 3 rings (SSSR count). The van der Waals surface area contributed by atoms with E-state index in [1.807, 2.05) is 43.3 Å². The second-order valence-electron chi connectivity index (χ2n) is 7.80. The van der Waals surface area contributed by atoms with Gasteiger partial charge >= 0.3 is 0 Å². The van der Waals surface area contributed by atoms with Crippen LogP contribution in [-0.4, -0.2) is 62.2 Å². The second-order valence-corrected chi connectivity index (χ2v) is 7.80. The second kappa shape index (κ2) is 9.85. The van der Waals surface area contributed by atoms with Crippen molar-refractivity contribution in [1.29, 1.82) is 0 Å². The molecule has 156 valence electrons. The summed E-state index contributed by atoms with van der Waals surface area (Å²) >= 11 is 0. The van der Waals surface area contributed by atoms with Crippen LogP contribution >= 0.6 is 0 Å². The van der Waals surface area contributed by atoms with Gasteiger partial charge < -0.3 is 19.6 Å². The summed E-state index contributed by atoms with van der Waals surface area (Å²) in [6.07, 6.45) is 0.894. The van der Waals surface area contributed by atoms with Gasteiger partial charge in [0.15, 0.2) is 5.78 Å². The third-order valence-corrected chi connectivity index (χ3v) is 5.33. The summed E-state index contributed by atoms with van der Waals surface area (Å²) in [4.78, 5) is 16.7. The number of anilines is 1. The first-order valence-electron chi connectivity index (χ1n) is 10.0. The lowest BCUT2D eigenvalue weighted by Crippen LogP contribution is -2.42. The van der Waals surface area contributed by atoms with E-state index in [2.05, 4.69) is 4.90 Å². The van der Waals surface area contributed by atoms with Gasteiger partial charge in [0.25, 0.3) is 0 Å². The summed E-state index contributed by atoms with van der Waals surface area (Å²) in [6.45, 7) is 2.26. The number of rotatable bonds is 8. The summed E-state index contributed by atoms with van der Waals surface area (Å²) in [5.74, 6) is 0.438. The number of β-amino-alcohol motifs (C(OH)–C–C–N with tert-alkyl or cyclic N) is 1. The lowest BCUT2D eigenvalue weighted by molar-refractivity contribution is 0.0524. The topological polar surface area (TPSA) is 53.0 Å². The molecule has 2 aromatic rings. The van der Waals surface area contributed by atoms with Crippen molar-refractivity contribution in [2.24, 2.45) is 5.92 Å². The molecular weight excluding hydrogens is 371 g/mol. The predicted molar refractivity (Wildman–Crippen MR) is 112 cm³/mol. The lowest BCUT2D eigenvalue weighted by Gasteiger charge is -2.32. The number of benzene rings is 2. The third-order valence-electron chi connectivity index (χ3n) is 5.33. The largest absolute Gasteiger partial charge is 0.491 e. The van der Waals surface area contributed by atoms with Crippen molar-refractivity contribution in [3.63, 3.8) is 0 Å². The first-order valence-corrected chi connectivity index (χ1v) is 10.0. The van der Waals surface area contributed by atoms with Gasteiger partial charge in [0.05, 0.1) is 0 Å². The van der Waals surface area contributed by atoms with Gasteiger partial charge in [-0.15, -0.1) is 0 Å². The van der Waals surface area contributed by atoms with Crippen LogP contribution in [0.15, 0.2) is 48.5 Å². The van der Waals surface area contributed by atoms with Crippen molar-refractivity contribution >= 4 is 11.5 Å². The molecule has 1 unspecified atom stereocenters. The Kier molecular flexibility index (Phi) is 7.23. The Morgan fingerprint density at radius 3 is 2.55 bits per heavy atom. The van der Waals surface area contributed by atoms with Crippen molar-refractivity contribution in [2.45, 2.75) is 18.9 Å². The molecule has 0 spiro atoms. The van der Waals surface area contributed by atoms with Crippen LogP contribution < -0.4 is 9.64 Å². The molecular formula is C23H29FN2O3. The number of hydrogen-bond donors (Lipinski definition) is 1. The van der Waals surface area contributed by atoms with E-state index in [1.165, 1.54) is 12.1 Å². The number of ketones is 1. The Bertz CT molecular complexity index is 802. The number of piperidine rings is 1. The van der Waals surface area contributed by atoms with Gasteiger partial charge in [-0.1, -0.05) is 6.07 Å². The summed E-state index contributed by atoms with van der Waals surface area (Å²) in [6, 6.07) is 13.5. The average molecular weight is 400 g/mol. The lowest BCUT2D eigenvalue weighted by atomic mass is 9.89. The fourth-order valence-electron chi connectivity index (χ4n) is 3.62. The van der Waals surface area contributed by atoms with Crippen LogP contribution in [0.25, 0.3) is 0 Å². The molecule has 1 saturated heterocycles. The van der Waals surface area contributed by atoms with Gasteiger partial charge in [0.1, 0.15) is 24.3 Å². The minimum atomic E-state index is -0.595. The van der Waals surface area contributed by atoms with E-state index in [-0.39, 0.29) is 24.1 Å². The van der Waals surface area contributed by atoms with E-state index in [4.69, 9.17) is 4.74 Å². The van der Waals surface area contributed by atoms with Crippen molar-refractivity contribution in [2.75, 3.05) is 45.2 Å². The normalized spacial score (nSPS) is 16.4. The zero-order chi connectivity index (χ0) is 20.8. The zero-order valence-electron chi connectivity index (χ0n) is 17.1. The predicted octanol–water partition coefficient (Wildman–Crippen LogP) is 3.23. The SMILES string of the molecule is CN(C)c1cccc(OCC(O)CN2CCC(C(=O)c3ccc(F)cc3)CC2)c1. The van der Waals surface area contributed by atoms with Crippen molar-refractivity contribution in [1.82, 2.24) is 4.90 Å². The number of hydrogen-bond acceptors (Lipinski definition) is 5. The van der Waals surface area contributed by atoms with Crippen LogP contribution in [0.4, 0.5) is 10.1 Å². The maximum atomic E-state index is 13.0. The number of nitrogens with zero attached hydrogens (tertiary/aromatic N) is 2. The molecule has 0 radical (unpaired) electrons. The Labute approximate surface area is 171 Å². The number of ether oxygens (including phenoxy) is 1. The van der Waals surface area contributed by atoms with E-state index in [0.29, 0.717) is 12.1 Å². The van der Waals surface area contributed by atoms with E-state index in [0.717, 1.165) is 37.4 Å². The van der Waals surface area contributed by atoms with Gasteiger partial charge in [-0.25, -0.2) is 4.39 Å². The van der Waals surface area contributed by atoms with Crippen LogP contribution in [0.1, 0.15) is 23.2 Å². The van der Waals surface area contributed by atoms with Crippen molar-refractivity contribution in [3.05, 3.63) is 59.9 Å². The maximum absolute atomic E-state index is 13.0. The summed E-state index contributed by atoms with van der Waals surface area (Å²) in [5.41, 5.74) is 1.61. The van der Waals surface area contributed by atoms with E-state index < -0.39 is 6.10 Å². The molecule has 1 atom stereocenters. The van der Waals surface area contributed by atoms with E-state index in [1.54, 1.807) is 12.1 Å². The van der Waals surface area contributed by atoms with Gasteiger partial charge in [-0.3, -0.25) is 4.79 Å². The van der Waals surface area contributed by atoms with Gasteiger partial charge in [0.2, 0.25) is 0 Å². The monoisotopic (exact) mass is 400 g/mol. The molecule has 1 aliphatic rings.